The quantitative estimate of drug-likeness (QED) is 0.599. The lowest BCUT2D eigenvalue weighted by Crippen LogP contribution is -1.78. The molecule has 14 heavy (non-hydrogen) atoms. The lowest BCUT2D eigenvalue weighted by atomic mass is 10.2. The molecule has 0 fully saturated rings. The maximum atomic E-state index is 9.00. The summed E-state index contributed by atoms with van der Waals surface area (Å²) in [5.74, 6) is -1.05. The van der Waals surface area contributed by atoms with Crippen molar-refractivity contribution in [3.8, 4) is 11.5 Å². The second-order valence-electron chi connectivity index (χ2n) is 2.47. The highest BCUT2D eigenvalue weighted by atomic mass is 16.4. The number of hydrogen-bond acceptors (Lipinski definition) is 3. The summed E-state index contributed by atoms with van der Waals surface area (Å²) in [4.78, 5) is 9.00. The number of phenols is 2. The highest BCUT2D eigenvalue weighted by molar-refractivity contribution is 5.62. The van der Waals surface area contributed by atoms with Gasteiger partial charge in [0.1, 0.15) is 0 Å². The molecule has 4 heteroatoms. The van der Waals surface area contributed by atoms with E-state index < -0.39 is 5.97 Å². The molecule has 1 aromatic rings. The summed E-state index contributed by atoms with van der Waals surface area (Å²) in [5.41, 5.74) is 0.787. The summed E-state index contributed by atoms with van der Waals surface area (Å²) in [6.45, 7) is 4.59. The van der Waals surface area contributed by atoms with Crippen molar-refractivity contribution in [3.05, 3.63) is 30.3 Å². The molecule has 1 aromatic carbocycles. The third kappa shape index (κ3) is 4.82. The van der Waals surface area contributed by atoms with Crippen LogP contribution in [0.15, 0.2) is 24.8 Å². The molecule has 0 aromatic heterocycles. The van der Waals surface area contributed by atoms with E-state index in [4.69, 9.17) is 20.1 Å². The maximum absolute atomic E-state index is 9.00. The van der Waals surface area contributed by atoms with Crippen LogP contribution in [0.3, 0.4) is 0 Å². The van der Waals surface area contributed by atoms with Gasteiger partial charge in [0.2, 0.25) is 0 Å². The Labute approximate surface area is 81.8 Å². The van der Waals surface area contributed by atoms with Crippen LogP contribution in [0.25, 0.3) is 6.08 Å². The Morgan fingerprint density at radius 2 is 1.86 bits per heavy atom. The van der Waals surface area contributed by atoms with Crippen molar-refractivity contribution in [2.45, 2.75) is 6.92 Å². The predicted molar refractivity (Wildman–Crippen MR) is 53.2 cm³/mol. The number of carboxylic acids is 1. The zero-order valence-electron chi connectivity index (χ0n) is 7.77. The highest BCUT2D eigenvalue weighted by Gasteiger charge is 1.95. The van der Waals surface area contributed by atoms with E-state index in [0.29, 0.717) is 0 Å². The van der Waals surface area contributed by atoms with Gasteiger partial charge in [-0.25, -0.2) is 0 Å². The fraction of sp³-hybridized carbons (Fsp3) is 0.100. The molecule has 0 saturated carbocycles. The fourth-order valence-electron chi connectivity index (χ4n) is 0.667. The minimum absolute atomic E-state index is 0.106. The summed E-state index contributed by atoms with van der Waals surface area (Å²) >= 11 is 0. The first kappa shape index (κ1) is 12.0. The van der Waals surface area contributed by atoms with Gasteiger partial charge in [-0.2, -0.15) is 0 Å². The normalized spacial score (nSPS) is 8.36. The summed E-state index contributed by atoms with van der Waals surface area (Å²) in [5, 5.41) is 25.2. The first-order valence-corrected chi connectivity index (χ1v) is 3.81. The average molecular weight is 196 g/mol. The molecular weight excluding hydrogens is 184 g/mol. The lowest BCUT2D eigenvalue weighted by Gasteiger charge is -1.96. The van der Waals surface area contributed by atoms with Crippen molar-refractivity contribution in [1.29, 1.82) is 0 Å². The molecule has 0 bridgehead atoms. The molecule has 0 atom stereocenters. The van der Waals surface area contributed by atoms with Crippen LogP contribution in [0.5, 0.6) is 11.5 Å². The van der Waals surface area contributed by atoms with Gasteiger partial charge in [0.05, 0.1) is 0 Å². The van der Waals surface area contributed by atoms with Crippen LogP contribution in [-0.2, 0) is 4.79 Å². The van der Waals surface area contributed by atoms with E-state index in [0.717, 1.165) is 12.5 Å². The van der Waals surface area contributed by atoms with Crippen LogP contribution in [-0.4, -0.2) is 21.3 Å². The first-order chi connectivity index (χ1) is 6.47. The maximum Gasteiger partial charge on any atom is 0.300 e. The molecule has 0 unspecified atom stereocenters. The van der Waals surface area contributed by atoms with E-state index in [1.165, 1.54) is 12.1 Å². The number of rotatable bonds is 1. The molecule has 0 heterocycles. The van der Waals surface area contributed by atoms with Gasteiger partial charge in [0.25, 0.3) is 5.97 Å². The Morgan fingerprint density at radius 1 is 1.36 bits per heavy atom. The van der Waals surface area contributed by atoms with Crippen molar-refractivity contribution in [3.63, 3.8) is 0 Å². The minimum atomic E-state index is -0.833. The number of aromatic hydroxyl groups is 2. The van der Waals surface area contributed by atoms with Gasteiger partial charge in [-0.05, 0) is 17.7 Å². The second-order valence-corrected chi connectivity index (χ2v) is 2.47. The van der Waals surface area contributed by atoms with E-state index in [1.54, 1.807) is 12.1 Å². The molecule has 76 valence electrons. The lowest BCUT2D eigenvalue weighted by molar-refractivity contribution is -0.134. The zero-order valence-corrected chi connectivity index (χ0v) is 7.77. The van der Waals surface area contributed by atoms with Crippen LogP contribution in [0.4, 0.5) is 0 Å². The minimum Gasteiger partial charge on any atom is -0.504 e. The van der Waals surface area contributed by atoms with Gasteiger partial charge in [0, 0.05) is 6.92 Å². The van der Waals surface area contributed by atoms with Crippen LogP contribution < -0.4 is 0 Å². The monoisotopic (exact) mass is 196 g/mol. The molecular formula is C10H12O4. The molecule has 0 aliphatic carbocycles. The van der Waals surface area contributed by atoms with Gasteiger partial charge < -0.3 is 15.3 Å². The number of carbonyl (C=O) groups is 1. The van der Waals surface area contributed by atoms with Gasteiger partial charge in [-0.3, -0.25) is 4.79 Å². The molecule has 0 amide bonds. The summed E-state index contributed by atoms with van der Waals surface area (Å²) in [6, 6.07) is 4.54. The number of benzene rings is 1. The van der Waals surface area contributed by atoms with Crippen molar-refractivity contribution in [1.82, 2.24) is 0 Å². The Bertz CT molecular complexity index is 327. The summed E-state index contributed by atoms with van der Waals surface area (Å²) in [6.07, 6.45) is 1.60. The van der Waals surface area contributed by atoms with Crippen LogP contribution in [0.2, 0.25) is 0 Å². The Kier molecular flexibility index (Phi) is 4.84. The summed E-state index contributed by atoms with van der Waals surface area (Å²) in [7, 11) is 0. The van der Waals surface area contributed by atoms with E-state index >= 15 is 0 Å². The number of carboxylic acid groups (broad SMARTS) is 1. The van der Waals surface area contributed by atoms with Crippen molar-refractivity contribution in [2.24, 2.45) is 0 Å². The number of phenolic OH excluding ortho intramolecular Hbond substituents is 2. The van der Waals surface area contributed by atoms with Crippen molar-refractivity contribution < 1.29 is 20.1 Å². The van der Waals surface area contributed by atoms with Gasteiger partial charge in [-0.1, -0.05) is 18.7 Å². The van der Waals surface area contributed by atoms with Crippen LogP contribution >= 0.6 is 0 Å². The van der Waals surface area contributed by atoms with Crippen LogP contribution in [0, 0.1) is 0 Å². The van der Waals surface area contributed by atoms with E-state index in [2.05, 4.69) is 6.58 Å². The molecule has 0 saturated heterocycles. The molecule has 0 aliphatic rings. The van der Waals surface area contributed by atoms with Crippen LogP contribution in [0.1, 0.15) is 12.5 Å². The Morgan fingerprint density at radius 3 is 2.21 bits per heavy atom. The highest BCUT2D eigenvalue weighted by Crippen LogP contribution is 2.24. The topological polar surface area (TPSA) is 77.8 Å². The fourth-order valence-corrected chi connectivity index (χ4v) is 0.667. The smallest absolute Gasteiger partial charge is 0.300 e. The molecule has 0 spiro atoms. The van der Waals surface area contributed by atoms with Crippen molar-refractivity contribution in [2.75, 3.05) is 0 Å². The number of hydrogen-bond donors (Lipinski definition) is 3. The van der Waals surface area contributed by atoms with E-state index in [1.807, 2.05) is 0 Å². The first-order valence-electron chi connectivity index (χ1n) is 3.81. The number of aliphatic carboxylic acids is 1. The van der Waals surface area contributed by atoms with Crippen molar-refractivity contribution >= 4 is 12.0 Å². The van der Waals surface area contributed by atoms with E-state index in [9.17, 15) is 0 Å². The Hall–Kier alpha value is -1.97. The van der Waals surface area contributed by atoms with Gasteiger partial charge >= 0.3 is 0 Å². The molecule has 3 N–H and O–H groups in total. The molecule has 4 nitrogen and oxygen atoms in total. The summed E-state index contributed by atoms with van der Waals surface area (Å²) < 4.78 is 0. The third-order valence-corrected chi connectivity index (χ3v) is 1.24. The largest absolute Gasteiger partial charge is 0.504 e. The SMILES string of the molecule is C=Cc1ccc(O)c(O)c1.CC(=O)O. The molecule has 0 radical (unpaired) electrons. The average Bonchev–Trinajstić information content (AvgIpc) is 2.09. The van der Waals surface area contributed by atoms with Gasteiger partial charge in [0.15, 0.2) is 11.5 Å². The molecule has 1 rings (SSSR count). The van der Waals surface area contributed by atoms with E-state index in [-0.39, 0.29) is 11.5 Å². The second kappa shape index (κ2) is 5.64. The third-order valence-electron chi connectivity index (χ3n) is 1.24. The Balaban J connectivity index is 0.000000364. The molecule has 0 aliphatic heterocycles. The zero-order chi connectivity index (χ0) is 11.1. The van der Waals surface area contributed by atoms with Gasteiger partial charge in [-0.15, -0.1) is 0 Å². The predicted octanol–water partition coefficient (Wildman–Crippen LogP) is 1.83. The standard InChI is InChI=1S/C8H8O2.C2H4O2/c1-2-6-3-4-7(9)8(10)5-6;1-2(3)4/h2-5,9-10H,1H2;1H3,(H,3,4).